The largest absolute Gasteiger partial charge is 0.390 e. The lowest BCUT2D eigenvalue weighted by Gasteiger charge is -2.25. The second-order valence-corrected chi connectivity index (χ2v) is 17.9. The van der Waals surface area contributed by atoms with Crippen LogP contribution < -0.4 is 20.3 Å². The van der Waals surface area contributed by atoms with Crippen molar-refractivity contribution in [3.63, 3.8) is 0 Å². The molecule has 1 aliphatic rings. The van der Waals surface area contributed by atoms with Crippen molar-refractivity contribution >= 4 is 51.2 Å². The quantitative estimate of drug-likeness (QED) is 0.0247. The normalized spacial score (nSPS) is 12.7. The molecule has 1 aliphatic heterocycles. The zero-order valence-corrected chi connectivity index (χ0v) is 37.0. The Kier molecular flexibility index (Phi) is 19.6. The molecular weight excluding hydrogens is 791 g/mol. The molecule has 0 radical (unpaired) electrons. The van der Waals surface area contributed by atoms with Crippen LogP contribution in [0.1, 0.15) is 53.5 Å². The third kappa shape index (κ3) is 16.4. The highest BCUT2D eigenvalue weighted by Crippen LogP contribution is 2.26. The molecule has 318 valence electrons. The summed E-state index contributed by atoms with van der Waals surface area (Å²) in [5, 5.41) is 9.17. The molecule has 2 heterocycles. The molecule has 0 fully saturated rings. The van der Waals surface area contributed by atoms with Gasteiger partial charge in [0.15, 0.2) is 18.9 Å². The minimum Gasteiger partial charge on any atom is -0.390 e. The highest BCUT2D eigenvalue weighted by atomic mass is 33.1. The van der Waals surface area contributed by atoms with Crippen molar-refractivity contribution in [2.24, 2.45) is 5.90 Å². The lowest BCUT2D eigenvalue weighted by molar-refractivity contribution is -0.698. The van der Waals surface area contributed by atoms with Crippen LogP contribution in [-0.2, 0) is 24.5 Å². The maximum absolute atomic E-state index is 9.17. The molecule has 0 spiro atoms. The molecule has 1 aromatic heterocycles. The van der Waals surface area contributed by atoms with E-state index < -0.39 is 0 Å². The highest BCUT2D eigenvalue weighted by molar-refractivity contribution is 8.76. The van der Waals surface area contributed by atoms with Crippen molar-refractivity contribution in [1.82, 2.24) is 4.90 Å². The van der Waals surface area contributed by atoms with E-state index in [0.717, 1.165) is 57.7 Å². The standard InChI is InChI=1S/C52H62N5O2S2/c53-59-40-38-55-35-29-48(30-36-55)18-16-46-21-25-52(26-22-46)57(44-50-13-5-2-6-14-50)32-8-10-42-61-60-41-9-7-31-56(43-49-11-3-1-4-12-49)51-23-19-45(20-24-51)15-17-47-27-33-54(34-28-47)37-39-58/h1-6,11-30,33-35,58H,7-10,31-32,36-44,53H2/q+1/b18-16+. The van der Waals surface area contributed by atoms with Gasteiger partial charge in [0.1, 0.15) is 6.61 Å². The topological polar surface area (TPSA) is 69.1 Å². The number of nitrogens with zero attached hydrogens (tertiary/aromatic N) is 4. The number of hydrogen-bond acceptors (Lipinski definition) is 8. The number of rotatable bonds is 26. The van der Waals surface area contributed by atoms with E-state index in [-0.39, 0.29) is 6.61 Å². The average molecular weight is 853 g/mol. The first-order valence-corrected chi connectivity index (χ1v) is 24.1. The molecule has 6 rings (SSSR count). The van der Waals surface area contributed by atoms with Crippen LogP contribution in [0.25, 0.3) is 18.2 Å². The van der Waals surface area contributed by atoms with Gasteiger partial charge in [-0.25, -0.2) is 10.5 Å². The third-order valence-electron chi connectivity index (χ3n) is 10.6. The van der Waals surface area contributed by atoms with E-state index in [9.17, 15) is 5.11 Å². The first-order valence-electron chi connectivity index (χ1n) is 21.6. The van der Waals surface area contributed by atoms with E-state index in [2.05, 4.69) is 179 Å². The van der Waals surface area contributed by atoms with E-state index in [1.165, 1.54) is 63.5 Å². The van der Waals surface area contributed by atoms with Gasteiger partial charge in [0.05, 0.1) is 6.61 Å². The first kappa shape index (κ1) is 45.5. The van der Waals surface area contributed by atoms with E-state index >= 15 is 0 Å². The Bertz CT molecular complexity index is 2090. The van der Waals surface area contributed by atoms with Gasteiger partial charge in [0.25, 0.3) is 0 Å². The second-order valence-electron chi connectivity index (χ2n) is 15.2. The SMILES string of the molecule is NOCCN1C=CC(/C=C/c2ccc(N(CCCCSSCCCCN(Cc3ccccc3)c3ccc(/C=C/c4cc[n+](CCO)cc4)cc3)Cc3ccccc3)cc2)=CC1. The summed E-state index contributed by atoms with van der Waals surface area (Å²) in [6, 6.07) is 43.7. The smallest absolute Gasteiger partial charge is 0.171 e. The summed E-state index contributed by atoms with van der Waals surface area (Å²) in [5.41, 5.74) is 9.93. The molecule has 0 amide bonds. The molecule has 9 heteroatoms. The summed E-state index contributed by atoms with van der Waals surface area (Å²) in [5.74, 6) is 7.52. The van der Waals surface area contributed by atoms with Gasteiger partial charge in [-0.3, -0.25) is 0 Å². The number of aromatic nitrogens is 1. The van der Waals surface area contributed by atoms with Gasteiger partial charge in [-0.05, 0) is 89.4 Å². The van der Waals surface area contributed by atoms with Crippen LogP contribution >= 0.6 is 21.6 Å². The number of unbranched alkanes of at least 4 members (excludes halogenated alkanes) is 2. The van der Waals surface area contributed by atoms with Crippen LogP contribution in [-0.4, -0.2) is 60.9 Å². The average Bonchev–Trinajstić information content (AvgIpc) is 3.31. The predicted octanol–water partition coefficient (Wildman–Crippen LogP) is 10.5. The van der Waals surface area contributed by atoms with Gasteiger partial charge in [-0.15, -0.1) is 0 Å². The minimum atomic E-state index is 0.144. The summed E-state index contributed by atoms with van der Waals surface area (Å²) in [6.45, 7) is 6.81. The molecule has 4 aromatic carbocycles. The summed E-state index contributed by atoms with van der Waals surface area (Å²) in [4.78, 5) is 11.9. The molecule has 0 aliphatic carbocycles. The number of benzene rings is 4. The Morgan fingerprint density at radius 3 is 1.62 bits per heavy atom. The minimum absolute atomic E-state index is 0.144. The fourth-order valence-corrected chi connectivity index (χ4v) is 9.37. The van der Waals surface area contributed by atoms with Gasteiger partial charge < -0.3 is 24.6 Å². The van der Waals surface area contributed by atoms with Crippen LogP contribution in [0.15, 0.2) is 164 Å². The van der Waals surface area contributed by atoms with Gasteiger partial charge in [-0.2, -0.15) is 0 Å². The van der Waals surface area contributed by atoms with Crippen LogP contribution in [0, 0.1) is 0 Å². The summed E-state index contributed by atoms with van der Waals surface area (Å²) >= 11 is 0. The number of anilines is 2. The highest BCUT2D eigenvalue weighted by Gasteiger charge is 2.10. The number of allylic oxidation sites excluding steroid dienone is 3. The summed E-state index contributed by atoms with van der Waals surface area (Å²) in [6.07, 6.45) is 23.9. The van der Waals surface area contributed by atoms with Gasteiger partial charge in [0.2, 0.25) is 0 Å². The Morgan fingerprint density at radius 2 is 1.15 bits per heavy atom. The third-order valence-corrected chi connectivity index (χ3v) is 13.2. The number of aliphatic hydroxyl groups excluding tert-OH is 1. The predicted molar refractivity (Wildman–Crippen MR) is 262 cm³/mol. The molecule has 0 atom stereocenters. The maximum atomic E-state index is 9.17. The van der Waals surface area contributed by atoms with Gasteiger partial charge in [0, 0.05) is 80.5 Å². The van der Waals surface area contributed by atoms with Crippen LogP contribution in [0.3, 0.4) is 0 Å². The van der Waals surface area contributed by atoms with E-state index in [0.29, 0.717) is 13.2 Å². The Balaban J connectivity index is 0.916. The molecule has 0 saturated heterocycles. The van der Waals surface area contributed by atoms with E-state index in [4.69, 9.17) is 10.7 Å². The first-order chi connectivity index (χ1) is 30.1. The van der Waals surface area contributed by atoms with E-state index in [1.54, 1.807) is 0 Å². The van der Waals surface area contributed by atoms with Crippen molar-refractivity contribution in [1.29, 1.82) is 0 Å². The molecule has 0 bridgehead atoms. The van der Waals surface area contributed by atoms with Crippen molar-refractivity contribution in [3.8, 4) is 0 Å². The number of aliphatic hydroxyl groups is 1. The Hall–Kier alpha value is -5.03. The van der Waals surface area contributed by atoms with Crippen molar-refractivity contribution in [3.05, 3.63) is 192 Å². The molecule has 5 aromatic rings. The summed E-state index contributed by atoms with van der Waals surface area (Å²) in [7, 11) is 4.06. The fraction of sp³-hybridized carbons (Fsp3) is 0.288. The van der Waals surface area contributed by atoms with Crippen LogP contribution in [0.4, 0.5) is 11.4 Å². The molecule has 0 unspecified atom stereocenters. The number of hydrogen-bond donors (Lipinski definition) is 2. The summed E-state index contributed by atoms with van der Waals surface area (Å²) < 4.78 is 1.99. The van der Waals surface area contributed by atoms with Crippen LogP contribution in [0.5, 0.6) is 0 Å². The zero-order valence-electron chi connectivity index (χ0n) is 35.4. The fourth-order valence-electron chi connectivity index (χ4n) is 7.08. The van der Waals surface area contributed by atoms with Crippen LogP contribution in [0.2, 0.25) is 0 Å². The number of nitrogens with two attached hydrogens (primary N) is 1. The second kappa shape index (κ2) is 26.3. The monoisotopic (exact) mass is 852 g/mol. The molecule has 61 heavy (non-hydrogen) atoms. The Morgan fingerprint density at radius 1 is 0.639 bits per heavy atom. The lowest BCUT2D eigenvalue weighted by Crippen LogP contribution is -2.34. The molecule has 0 saturated carbocycles. The molecule has 3 N–H and O–H groups in total. The van der Waals surface area contributed by atoms with Crippen molar-refractivity contribution in [2.75, 3.05) is 60.7 Å². The number of pyridine rings is 1. The lowest BCUT2D eigenvalue weighted by atomic mass is 10.1. The van der Waals surface area contributed by atoms with E-state index in [1.807, 2.05) is 38.5 Å². The van der Waals surface area contributed by atoms with Crippen molar-refractivity contribution < 1.29 is 14.5 Å². The molecular formula is C52H62N5O2S2+. The van der Waals surface area contributed by atoms with Gasteiger partial charge >= 0.3 is 0 Å². The van der Waals surface area contributed by atoms with Crippen molar-refractivity contribution in [2.45, 2.75) is 45.3 Å². The zero-order chi connectivity index (χ0) is 42.2. The van der Waals surface area contributed by atoms with Gasteiger partial charge in [-0.1, -0.05) is 137 Å². The Labute approximate surface area is 372 Å². The molecule has 7 nitrogen and oxygen atoms in total. The maximum Gasteiger partial charge on any atom is 0.171 e.